The molecule has 0 aliphatic heterocycles. The first kappa shape index (κ1) is 426. The van der Waals surface area contributed by atoms with Crippen LogP contribution in [0.3, 0.4) is 0 Å². The maximum absolute atomic E-state index is 0. The molecule has 0 aromatic carbocycles. The van der Waals surface area contributed by atoms with Gasteiger partial charge < -0.3 is 65.7 Å². The van der Waals surface area contributed by atoms with E-state index in [-0.39, 0.29) is 292 Å². The van der Waals surface area contributed by atoms with Gasteiger partial charge in [0.1, 0.15) is 0 Å². The fraction of sp³-hybridized carbons (Fsp3) is 0. The minimum atomic E-state index is 0. The van der Waals surface area contributed by atoms with E-state index in [0.29, 0.717) is 0 Å². The van der Waals surface area contributed by atoms with Crippen LogP contribution in [0.1, 0.15) is 0 Å². The summed E-state index contributed by atoms with van der Waals surface area (Å²) in [4.78, 5) is 0. The van der Waals surface area contributed by atoms with E-state index in [2.05, 4.69) is 0 Å². The third kappa shape index (κ3) is 352. The second kappa shape index (κ2) is 381. The van der Waals surface area contributed by atoms with Gasteiger partial charge in [0.15, 0.2) is 0 Å². The fourth-order valence-electron chi connectivity index (χ4n) is 0. The molecule has 21 heavy (non-hydrogen) atoms. The molecule has 0 heterocycles. The monoisotopic (exact) mass is 758 g/mol. The van der Waals surface area contributed by atoms with Gasteiger partial charge >= 0.3 is 0 Å². The Morgan fingerprint density at radius 1 is 0.190 bits per heavy atom. The van der Waals surface area contributed by atoms with Gasteiger partial charge in [0.05, 0.1) is 0 Å². The van der Waals surface area contributed by atoms with Crippen LogP contribution in [0.2, 0.25) is 0 Å². The van der Waals surface area contributed by atoms with E-state index >= 15 is 0 Å². The van der Waals surface area contributed by atoms with Gasteiger partial charge in [-0.15, -0.1) is 0 Å². The first-order chi connectivity index (χ1) is 0. The maximum Gasteiger partial charge on any atom is 0 e. The van der Waals surface area contributed by atoms with Gasteiger partial charge in [-0.3, -0.25) is 0 Å². The first-order valence-corrected chi connectivity index (χ1v) is 0. The third-order valence-electron chi connectivity index (χ3n) is 0. The van der Waals surface area contributed by atoms with Crippen LogP contribution in [0.25, 0.3) is 0 Å². The number of hydrogen-bond acceptors (Lipinski definition) is 0. The van der Waals surface area contributed by atoms with Crippen LogP contribution in [0.5, 0.6) is 0 Å². The van der Waals surface area contributed by atoms with Crippen LogP contribution in [-0.2, 0) is 98.1 Å². The van der Waals surface area contributed by atoms with Crippen LogP contribution < -0.4 is 0 Å². The molecule has 24 N–H and O–H groups in total. The molecule has 0 fully saturated rings. The Hall–Kier alpha value is 6.87. The molecule has 0 rings (SSSR count). The molecule has 124 valence electrons. The van der Waals surface area contributed by atoms with Crippen molar-refractivity contribution in [3.63, 3.8) is 0 Å². The van der Waals surface area contributed by atoms with Crippen molar-refractivity contribution in [3.05, 3.63) is 0 Å². The molecule has 21 heteroatoms. The molecule has 12 nitrogen and oxygen atoms in total. The summed E-state index contributed by atoms with van der Waals surface area (Å²) in [6.45, 7) is 0. The standard InChI is InChI=1S/5Al.Ce.12H2O.3Y/h;;;;;;12*1H2;;;. The minimum Gasteiger partial charge on any atom is -0.412 e. The summed E-state index contributed by atoms with van der Waals surface area (Å²) in [7, 11) is 0. The van der Waals surface area contributed by atoms with E-state index in [9.17, 15) is 0 Å². The summed E-state index contributed by atoms with van der Waals surface area (Å²) in [6.07, 6.45) is 0. The van der Waals surface area contributed by atoms with Gasteiger partial charge in [0.25, 0.3) is 0 Å². The topological polar surface area (TPSA) is 378 Å². The Bertz CT molecular complexity index is 32.9. The largest absolute Gasteiger partial charge is 0.412 e. The first-order valence-electron chi connectivity index (χ1n) is 0. The minimum absolute atomic E-state index is 0. The summed E-state index contributed by atoms with van der Waals surface area (Å²) in [5.41, 5.74) is 0. The van der Waals surface area contributed by atoms with E-state index < -0.39 is 0 Å². The molecule has 0 saturated heterocycles. The molecule has 0 bridgehead atoms. The van der Waals surface area contributed by atoms with Crippen LogP contribution in [0.15, 0.2) is 0 Å². The molecule has 0 aromatic heterocycles. The summed E-state index contributed by atoms with van der Waals surface area (Å²) >= 11 is 0. The average Bonchev–Trinajstić information content (AvgIpc) is 0. The molecule has 18 radical (unpaired) electrons. The molecule has 0 amide bonds. The zero-order chi connectivity index (χ0) is 0. The van der Waals surface area contributed by atoms with Crippen molar-refractivity contribution in [1.82, 2.24) is 0 Å². The zero-order valence-corrected chi connectivity index (χ0v) is 28.5. The second-order valence-electron chi connectivity index (χ2n) is 0. The van der Waals surface area contributed by atoms with E-state index in [1.54, 1.807) is 0 Å². The van der Waals surface area contributed by atoms with Crippen molar-refractivity contribution in [2.45, 2.75) is 0 Å². The molecule has 0 aromatic rings. The smallest absolute Gasteiger partial charge is 0 e. The van der Waals surface area contributed by atoms with Crippen molar-refractivity contribution in [2.24, 2.45) is 0 Å². The van der Waals surface area contributed by atoms with Gasteiger partial charge in [-0.25, -0.2) is 0 Å². The van der Waals surface area contributed by atoms with Crippen LogP contribution >= 0.6 is 0 Å². The molecule has 0 unspecified atom stereocenters. The molecule has 0 saturated carbocycles. The number of rotatable bonds is 0. The Kier molecular flexibility index (Phi) is 7730. The van der Waals surface area contributed by atoms with Gasteiger partial charge in [-0.1, -0.05) is 0 Å². The SMILES string of the molecule is O.O.O.O.O.O.O.O.O.O.O.O.[Al].[Al].[Al].[Al].[Al].[Ce].[Y].[Y].[Y]. The molecule has 0 atom stereocenters. The summed E-state index contributed by atoms with van der Waals surface area (Å²) in [5.74, 6) is 0. The van der Waals surface area contributed by atoms with Crippen molar-refractivity contribution in [3.8, 4) is 0 Å². The molecule has 0 aliphatic rings. The van der Waals surface area contributed by atoms with Crippen LogP contribution in [0.4, 0.5) is 0 Å². The van der Waals surface area contributed by atoms with Gasteiger partial charge in [0, 0.05) is 227 Å². The molecular weight excluding hydrogens is 734 g/mol. The van der Waals surface area contributed by atoms with Crippen molar-refractivity contribution in [2.75, 3.05) is 0 Å². The zero-order valence-electron chi connectivity index (χ0n) is 11.1. The van der Waals surface area contributed by atoms with E-state index in [0.717, 1.165) is 0 Å². The van der Waals surface area contributed by atoms with Gasteiger partial charge in [-0.05, 0) is 0 Å². The number of hydrogen-bond donors (Lipinski definition) is 0. The molecule has 0 aliphatic carbocycles. The maximum atomic E-state index is 0. The van der Waals surface area contributed by atoms with Crippen molar-refractivity contribution < 1.29 is 206 Å². The van der Waals surface area contributed by atoms with E-state index in [1.807, 2.05) is 0 Å². The van der Waals surface area contributed by atoms with Crippen molar-refractivity contribution in [1.29, 1.82) is 0 Å². The summed E-state index contributed by atoms with van der Waals surface area (Å²) in [6, 6.07) is 0. The normalized spacial score (nSPS) is 0. The second-order valence-corrected chi connectivity index (χ2v) is 0. The van der Waals surface area contributed by atoms with Crippen LogP contribution in [-0.4, -0.2) is 153 Å². The Morgan fingerprint density at radius 3 is 0.190 bits per heavy atom. The quantitative estimate of drug-likeness (QED) is 0.208. The Balaban J connectivity index is 0. The van der Waals surface area contributed by atoms with E-state index in [1.165, 1.54) is 0 Å². The van der Waals surface area contributed by atoms with Crippen LogP contribution in [0, 0.1) is 41.7 Å². The summed E-state index contributed by atoms with van der Waals surface area (Å²) < 4.78 is 0. The average molecular weight is 758 g/mol. The van der Waals surface area contributed by atoms with Gasteiger partial charge in [0.2, 0.25) is 0 Å². The fourth-order valence-corrected chi connectivity index (χ4v) is 0. The predicted octanol–water partition coefficient (Wildman–Crippen LogP) is -11.8. The Morgan fingerprint density at radius 2 is 0.190 bits per heavy atom. The predicted molar refractivity (Wildman–Crippen MR) is 72.1 cm³/mol. The van der Waals surface area contributed by atoms with E-state index in [4.69, 9.17) is 0 Å². The summed E-state index contributed by atoms with van der Waals surface area (Å²) in [5, 5.41) is 0. The Labute approximate surface area is 286 Å². The van der Waals surface area contributed by atoms with Crippen molar-refractivity contribution >= 4 is 86.8 Å². The molecular formula is H24Al5CeO12Y3. The third-order valence-corrected chi connectivity index (χ3v) is 0. The molecule has 0 spiro atoms. The van der Waals surface area contributed by atoms with Gasteiger partial charge in [-0.2, -0.15) is 0 Å².